The molecule has 1 amide bonds. The van der Waals surface area contributed by atoms with Crippen LogP contribution in [0, 0.1) is 17.0 Å². The van der Waals surface area contributed by atoms with E-state index in [2.05, 4.69) is 5.32 Å². The number of carbonyl (C=O) groups is 1. The van der Waals surface area contributed by atoms with Crippen LogP contribution in [0.15, 0.2) is 34.7 Å². The predicted octanol–water partition coefficient (Wildman–Crippen LogP) is 1.80. The van der Waals surface area contributed by atoms with E-state index in [0.717, 1.165) is 0 Å². The molecule has 0 unspecified atom stereocenters. The van der Waals surface area contributed by atoms with Crippen molar-refractivity contribution in [1.82, 2.24) is 5.32 Å². The van der Waals surface area contributed by atoms with Crippen LogP contribution in [0.4, 0.5) is 5.69 Å². The van der Waals surface area contributed by atoms with E-state index in [9.17, 15) is 14.9 Å². The molecule has 1 aromatic carbocycles. The molecule has 1 aromatic heterocycles. The lowest BCUT2D eigenvalue weighted by Gasteiger charge is -2.05. The molecule has 2 aromatic rings. The number of nitrogens with zero attached hydrogens (tertiary/aromatic N) is 1. The first kappa shape index (κ1) is 16.5. The highest BCUT2D eigenvalue weighted by Crippen LogP contribution is 2.23. The van der Waals surface area contributed by atoms with Gasteiger partial charge in [0.25, 0.3) is 11.6 Å². The minimum atomic E-state index is -0.455. The van der Waals surface area contributed by atoms with E-state index in [1.165, 1.54) is 18.2 Å². The predicted molar refractivity (Wildman–Crippen MR) is 80.3 cm³/mol. The molecule has 0 fully saturated rings. The third-order valence-electron chi connectivity index (χ3n) is 3.03. The van der Waals surface area contributed by atoms with Crippen molar-refractivity contribution in [3.63, 3.8) is 0 Å². The number of nitro groups is 1. The molecule has 0 aliphatic carbocycles. The lowest BCUT2D eigenvalue weighted by atomic mass is 10.2. The minimum absolute atomic E-state index is 0.0261. The molecule has 0 spiro atoms. The van der Waals surface area contributed by atoms with Gasteiger partial charge in [-0.25, -0.2) is 0 Å². The number of nitro benzene ring substituents is 1. The summed E-state index contributed by atoms with van der Waals surface area (Å²) >= 11 is 0. The number of hydrogen-bond acceptors (Lipinski definition) is 6. The standard InChI is InChI=1S/C15H16N2O6/c1-10-8-11(2-4-13(10)17(20)21)22-9-12-3-5-14(23-12)15(19)16-6-7-18/h2-5,8,18H,6-7,9H2,1H3,(H,16,19). The first-order valence-corrected chi connectivity index (χ1v) is 6.87. The lowest BCUT2D eigenvalue weighted by Crippen LogP contribution is -2.25. The molecule has 0 aliphatic heterocycles. The Labute approximate surface area is 131 Å². The largest absolute Gasteiger partial charge is 0.486 e. The van der Waals surface area contributed by atoms with Gasteiger partial charge in [-0.05, 0) is 31.2 Å². The Morgan fingerprint density at radius 3 is 2.83 bits per heavy atom. The van der Waals surface area contributed by atoms with Crippen molar-refractivity contribution in [3.8, 4) is 5.75 Å². The Hall–Kier alpha value is -2.87. The van der Waals surface area contributed by atoms with Crippen LogP contribution in [0.2, 0.25) is 0 Å². The molecule has 23 heavy (non-hydrogen) atoms. The van der Waals surface area contributed by atoms with E-state index in [4.69, 9.17) is 14.3 Å². The summed E-state index contributed by atoms with van der Waals surface area (Å²) < 4.78 is 10.8. The maximum atomic E-state index is 11.6. The van der Waals surface area contributed by atoms with Crippen molar-refractivity contribution in [1.29, 1.82) is 0 Å². The summed E-state index contributed by atoms with van der Waals surface area (Å²) in [4.78, 5) is 21.9. The van der Waals surface area contributed by atoms with Crippen LogP contribution in [0.25, 0.3) is 0 Å². The zero-order valence-electron chi connectivity index (χ0n) is 12.4. The number of furan rings is 1. The van der Waals surface area contributed by atoms with Crippen molar-refractivity contribution < 1.29 is 24.0 Å². The van der Waals surface area contributed by atoms with E-state index in [1.807, 2.05) is 0 Å². The van der Waals surface area contributed by atoms with Gasteiger partial charge in [0.2, 0.25) is 0 Å². The number of rotatable bonds is 7. The molecule has 0 bridgehead atoms. The molecule has 1 heterocycles. The Balaban J connectivity index is 1.96. The zero-order chi connectivity index (χ0) is 16.8. The van der Waals surface area contributed by atoms with Crippen LogP contribution in [0.1, 0.15) is 21.9 Å². The van der Waals surface area contributed by atoms with Crippen LogP contribution in [0.3, 0.4) is 0 Å². The van der Waals surface area contributed by atoms with Gasteiger partial charge >= 0.3 is 0 Å². The van der Waals surface area contributed by atoms with Gasteiger partial charge in [-0.1, -0.05) is 0 Å². The van der Waals surface area contributed by atoms with E-state index < -0.39 is 10.8 Å². The number of carbonyl (C=O) groups excluding carboxylic acids is 1. The SMILES string of the molecule is Cc1cc(OCc2ccc(C(=O)NCCO)o2)ccc1[N+](=O)[O-]. The van der Waals surface area contributed by atoms with Crippen LogP contribution in [-0.2, 0) is 6.61 Å². The fourth-order valence-corrected chi connectivity index (χ4v) is 1.91. The van der Waals surface area contributed by atoms with E-state index in [-0.39, 0.29) is 31.2 Å². The third kappa shape index (κ3) is 4.30. The number of aliphatic hydroxyl groups excluding tert-OH is 1. The van der Waals surface area contributed by atoms with Crippen LogP contribution >= 0.6 is 0 Å². The third-order valence-corrected chi connectivity index (χ3v) is 3.03. The van der Waals surface area contributed by atoms with Gasteiger partial charge in [0.15, 0.2) is 5.76 Å². The molecule has 2 N–H and O–H groups in total. The number of ether oxygens (including phenoxy) is 1. The molecule has 8 nitrogen and oxygen atoms in total. The zero-order valence-corrected chi connectivity index (χ0v) is 12.4. The molecule has 2 rings (SSSR count). The van der Waals surface area contributed by atoms with Crippen LogP contribution < -0.4 is 10.1 Å². The van der Waals surface area contributed by atoms with Gasteiger partial charge in [0, 0.05) is 18.2 Å². The summed E-state index contributed by atoms with van der Waals surface area (Å²) in [6.07, 6.45) is 0. The number of benzene rings is 1. The van der Waals surface area contributed by atoms with Gasteiger partial charge in [0.05, 0.1) is 11.5 Å². The van der Waals surface area contributed by atoms with Crippen molar-refractivity contribution in [2.24, 2.45) is 0 Å². The summed E-state index contributed by atoms with van der Waals surface area (Å²) in [6, 6.07) is 7.55. The number of aliphatic hydroxyl groups is 1. The number of nitrogens with one attached hydrogen (secondary N) is 1. The van der Waals surface area contributed by atoms with Gasteiger partial charge in [-0.2, -0.15) is 0 Å². The second-order valence-electron chi connectivity index (χ2n) is 4.74. The normalized spacial score (nSPS) is 10.3. The van der Waals surface area contributed by atoms with Crippen molar-refractivity contribution in [2.45, 2.75) is 13.5 Å². The minimum Gasteiger partial charge on any atom is -0.486 e. The van der Waals surface area contributed by atoms with Gasteiger partial charge in [0.1, 0.15) is 18.1 Å². The van der Waals surface area contributed by atoms with Crippen LogP contribution in [0.5, 0.6) is 5.75 Å². The fraction of sp³-hybridized carbons (Fsp3) is 0.267. The monoisotopic (exact) mass is 320 g/mol. The fourth-order valence-electron chi connectivity index (χ4n) is 1.91. The quantitative estimate of drug-likeness (QED) is 0.594. The number of amides is 1. The van der Waals surface area contributed by atoms with Crippen molar-refractivity contribution >= 4 is 11.6 Å². The molecule has 0 saturated carbocycles. The lowest BCUT2D eigenvalue weighted by molar-refractivity contribution is -0.385. The average molecular weight is 320 g/mol. The summed E-state index contributed by atoms with van der Waals surface area (Å²) in [6.45, 7) is 1.71. The highest BCUT2D eigenvalue weighted by molar-refractivity contribution is 5.91. The second kappa shape index (κ2) is 7.41. The maximum absolute atomic E-state index is 11.6. The summed E-state index contributed by atoms with van der Waals surface area (Å²) in [7, 11) is 0. The first-order valence-electron chi connectivity index (χ1n) is 6.87. The Morgan fingerprint density at radius 1 is 1.39 bits per heavy atom. The molecule has 0 saturated heterocycles. The topological polar surface area (TPSA) is 115 Å². The van der Waals surface area contributed by atoms with Crippen molar-refractivity contribution in [2.75, 3.05) is 13.2 Å². The van der Waals surface area contributed by atoms with E-state index >= 15 is 0 Å². The van der Waals surface area contributed by atoms with Gasteiger partial charge in [-0.15, -0.1) is 0 Å². The maximum Gasteiger partial charge on any atom is 0.287 e. The molecular weight excluding hydrogens is 304 g/mol. The smallest absolute Gasteiger partial charge is 0.287 e. The summed E-state index contributed by atoms with van der Waals surface area (Å²) in [5.74, 6) is 0.611. The first-order chi connectivity index (χ1) is 11.0. The second-order valence-corrected chi connectivity index (χ2v) is 4.74. The molecule has 0 radical (unpaired) electrons. The van der Waals surface area contributed by atoms with Crippen molar-refractivity contribution in [3.05, 3.63) is 57.5 Å². The highest BCUT2D eigenvalue weighted by atomic mass is 16.6. The Kier molecular flexibility index (Phi) is 5.32. The van der Waals surface area contributed by atoms with Gasteiger partial charge < -0.3 is 19.6 Å². The summed E-state index contributed by atoms with van der Waals surface area (Å²) in [5.41, 5.74) is 0.522. The summed E-state index contributed by atoms with van der Waals surface area (Å²) in [5, 5.41) is 21.9. The van der Waals surface area contributed by atoms with E-state index in [0.29, 0.717) is 17.1 Å². The molecule has 8 heteroatoms. The van der Waals surface area contributed by atoms with Gasteiger partial charge in [-0.3, -0.25) is 14.9 Å². The van der Waals surface area contributed by atoms with Crippen LogP contribution in [-0.4, -0.2) is 29.1 Å². The highest BCUT2D eigenvalue weighted by Gasteiger charge is 2.13. The molecular formula is C15H16N2O6. The Bertz CT molecular complexity index is 710. The Morgan fingerprint density at radius 2 is 2.17 bits per heavy atom. The molecule has 0 atom stereocenters. The number of aryl methyl sites for hydroxylation is 1. The molecule has 0 aliphatic rings. The number of hydrogen-bond donors (Lipinski definition) is 2. The average Bonchev–Trinajstić information content (AvgIpc) is 2.99. The molecule has 122 valence electrons. The van der Waals surface area contributed by atoms with E-state index in [1.54, 1.807) is 19.1 Å².